The number of carbonyl (C=O) groups is 1. The van der Waals surface area contributed by atoms with Gasteiger partial charge in [0.25, 0.3) is 5.91 Å². The fraction of sp³-hybridized carbons (Fsp3) is 0.143. The number of aromatic nitrogens is 1. The monoisotopic (exact) mass is 255 g/mol. The Bertz CT molecular complexity index is 650. The maximum Gasteiger partial charge on any atom is 0.260 e. The molecular weight excluding hydrogens is 242 g/mol. The predicted molar refractivity (Wildman–Crippen MR) is 71.6 cm³/mol. The number of hydrogen-bond donors (Lipinski definition) is 2. The molecule has 3 N–H and O–H groups in total. The fourth-order valence-electron chi connectivity index (χ4n) is 1.52. The van der Waals surface area contributed by atoms with E-state index in [0.717, 1.165) is 0 Å². The van der Waals surface area contributed by atoms with Gasteiger partial charge in [-0.1, -0.05) is 12.0 Å². The second-order valence-electron chi connectivity index (χ2n) is 3.76. The molecule has 5 nitrogen and oxygen atoms in total. The normalized spacial score (nSPS) is 9.58. The molecule has 0 fully saturated rings. The molecule has 0 atom stereocenters. The van der Waals surface area contributed by atoms with Gasteiger partial charge >= 0.3 is 0 Å². The van der Waals surface area contributed by atoms with Crippen molar-refractivity contribution >= 4 is 11.7 Å². The molecule has 2 aromatic heterocycles. The van der Waals surface area contributed by atoms with Crippen LogP contribution in [0.15, 0.2) is 34.9 Å². The summed E-state index contributed by atoms with van der Waals surface area (Å²) < 4.78 is 5.08. The van der Waals surface area contributed by atoms with Gasteiger partial charge in [-0.3, -0.25) is 4.79 Å². The highest BCUT2D eigenvalue weighted by Crippen LogP contribution is 2.12. The van der Waals surface area contributed by atoms with Crippen molar-refractivity contribution < 1.29 is 9.21 Å². The largest absolute Gasteiger partial charge is 0.469 e. The molecule has 0 aliphatic rings. The van der Waals surface area contributed by atoms with E-state index in [1.54, 1.807) is 31.2 Å². The second kappa shape index (κ2) is 5.85. The lowest BCUT2D eigenvalue weighted by atomic mass is 10.2. The Kier molecular flexibility index (Phi) is 3.96. The van der Waals surface area contributed by atoms with E-state index in [1.807, 2.05) is 0 Å². The van der Waals surface area contributed by atoms with Crippen LogP contribution in [0.5, 0.6) is 0 Å². The summed E-state index contributed by atoms with van der Waals surface area (Å²) in [5.41, 5.74) is 6.34. The lowest BCUT2D eigenvalue weighted by Gasteiger charge is -2.03. The van der Waals surface area contributed by atoms with Crippen molar-refractivity contribution in [2.24, 2.45) is 5.73 Å². The Morgan fingerprint density at radius 3 is 3.00 bits per heavy atom. The number of aryl methyl sites for hydroxylation is 1. The van der Waals surface area contributed by atoms with Crippen molar-refractivity contribution in [1.29, 1.82) is 0 Å². The predicted octanol–water partition coefficient (Wildman–Crippen LogP) is 1.55. The molecule has 1 amide bonds. The first-order valence-electron chi connectivity index (χ1n) is 5.72. The quantitative estimate of drug-likeness (QED) is 0.798. The van der Waals surface area contributed by atoms with E-state index >= 15 is 0 Å². The van der Waals surface area contributed by atoms with Gasteiger partial charge in [-0.05, 0) is 31.0 Å². The van der Waals surface area contributed by atoms with Gasteiger partial charge in [0, 0.05) is 0 Å². The molecule has 0 spiro atoms. The number of nitrogens with zero attached hydrogens (tertiary/aromatic N) is 1. The van der Waals surface area contributed by atoms with Crippen molar-refractivity contribution in [3.8, 4) is 11.8 Å². The lowest BCUT2D eigenvalue weighted by molar-refractivity contribution is 0.102. The fourth-order valence-corrected chi connectivity index (χ4v) is 1.52. The summed E-state index contributed by atoms with van der Waals surface area (Å²) >= 11 is 0. The summed E-state index contributed by atoms with van der Waals surface area (Å²) in [5, 5.41) is 2.69. The maximum absolute atomic E-state index is 12.0. The van der Waals surface area contributed by atoms with Crippen molar-refractivity contribution in [2.45, 2.75) is 6.92 Å². The van der Waals surface area contributed by atoms with Crippen LogP contribution in [0.25, 0.3) is 0 Å². The van der Waals surface area contributed by atoms with Gasteiger partial charge in [-0.15, -0.1) is 0 Å². The number of nitrogens with two attached hydrogens (primary N) is 1. The lowest BCUT2D eigenvalue weighted by Crippen LogP contribution is -2.13. The first-order chi connectivity index (χ1) is 9.20. The van der Waals surface area contributed by atoms with Crippen molar-refractivity contribution in [1.82, 2.24) is 4.98 Å². The highest BCUT2D eigenvalue weighted by Gasteiger charge is 2.11. The maximum atomic E-state index is 12.0. The van der Waals surface area contributed by atoms with E-state index in [4.69, 9.17) is 10.2 Å². The Labute approximate surface area is 110 Å². The molecule has 0 aromatic carbocycles. The van der Waals surface area contributed by atoms with E-state index in [1.165, 1.54) is 6.26 Å². The topological polar surface area (TPSA) is 81.2 Å². The first-order valence-corrected chi connectivity index (χ1v) is 5.72. The van der Waals surface area contributed by atoms with E-state index in [9.17, 15) is 4.79 Å². The summed E-state index contributed by atoms with van der Waals surface area (Å²) in [4.78, 5) is 16.2. The second-order valence-corrected chi connectivity index (χ2v) is 3.76. The third-order valence-corrected chi connectivity index (χ3v) is 2.41. The van der Waals surface area contributed by atoms with Crippen LogP contribution in [0.2, 0.25) is 0 Å². The van der Waals surface area contributed by atoms with Gasteiger partial charge in [0.2, 0.25) is 0 Å². The van der Waals surface area contributed by atoms with Crippen LogP contribution in [-0.2, 0) is 0 Å². The van der Waals surface area contributed by atoms with Crippen molar-refractivity contribution in [3.63, 3.8) is 0 Å². The molecule has 96 valence electrons. The Hall–Kier alpha value is -2.58. The average Bonchev–Trinajstić information content (AvgIpc) is 2.83. The summed E-state index contributed by atoms with van der Waals surface area (Å²) in [6, 6.07) is 6.83. The van der Waals surface area contributed by atoms with Gasteiger partial charge in [0.1, 0.15) is 17.3 Å². The minimum Gasteiger partial charge on any atom is -0.469 e. The Morgan fingerprint density at radius 2 is 2.32 bits per heavy atom. The van der Waals surface area contributed by atoms with Crippen LogP contribution < -0.4 is 11.1 Å². The summed E-state index contributed by atoms with van der Waals surface area (Å²) in [6.07, 6.45) is 1.47. The minimum absolute atomic E-state index is 0.261. The first kappa shape index (κ1) is 12.9. The molecule has 2 rings (SSSR count). The highest BCUT2D eigenvalue weighted by atomic mass is 16.3. The molecule has 0 radical (unpaired) electrons. The molecule has 0 saturated heterocycles. The molecule has 0 saturated carbocycles. The number of nitrogens with one attached hydrogen (secondary N) is 1. The van der Waals surface area contributed by atoms with E-state index in [0.29, 0.717) is 22.8 Å². The Balaban J connectivity index is 2.15. The zero-order chi connectivity index (χ0) is 13.7. The van der Waals surface area contributed by atoms with Gasteiger partial charge in [-0.25, -0.2) is 4.98 Å². The molecule has 2 heterocycles. The third-order valence-electron chi connectivity index (χ3n) is 2.41. The SMILES string of the molecule is Cc1occc1C(=O)Nc1cccc(C#CCN)n1. The summed E-state index contributed by atoms with van der Waals surface area (Å²) in [5.74, 6) is 6.26. The van der Waals surface area contributed by atoms with Gasteiger partial charge < -0.3 is 15.5 Å². The molecule has 5 heteroatoms. The van der Waals surface area contributed by atoms with Crippen LogP contribution in [0.3, 0.4) is 0 Å². The average molecular weight is 255 g/mol. The number of rotatable bonds is 2. The third kappa shape index (κ3) is 3.21. The molecule has 19 heavy (non-hydrogen) atoms. The van der Waals surface area contributed by atoms with E-state index in [-0.39, 0.29) is 12.5 Å². The van der Waals surface area contributed by atoms with E-state index in [2.05, 4.69) is 22.1 Å². The summed E-state index contributed by atoms with van der Waals surface area (Å²) in [7, 11) is 0. The van der Waals surface area contributed by atoms with Gasteiger partial charge in [0.15, 0.2) is 0 Å². The van der Waals surface area contributed by atoms with Crippen LogP contribution in [-0.4, -0.2) is 17.4 Å². The number of pyridine rings is 1. The number of furan rings is 1. The molecule has 0 bridgehead atoms. The zero-order valence-electron chi connectivity index (χ0n) is 10.4. The van der Waals surface area contributed by atoms with Crippen molar-refractivity contribution in [3.05, 3.63) is 47.5 Å². The zero-order valence-corrected chi connectivity index (χ0v) is 10.4. The molecule has 2 aromatic rings. The minimum atomic E-state index is -0.261. The number of hydrogen-bond acceptors (Lipinski definition) is 4. The number of carbonyl (C=O) groups excluding carboxylic acids is 1. The number of anilines is 1. The highest BCUT2D eigenvalue weighted by molar-refractivity contribution is 6.04. The van der Waals surface area contributed by atoms with Crippen LogP contribution in [0, 0.1) is 18.8 Å². The molecule has 0 aliphatic carbocycles. The van der Waals surface area contributed by atoms with Gasteiger partial charge in [0.05, 0.1) is 18.4 Å². The van der Waals surface area contributed by atoms with Crippen LogP contribution >= 0.6 is 0 Å². The Morgan fingerprint density at radius 1 is 1.47 bits per heavy atom. The summed E-state index contributed by atoms with van der Waals surface area (Å²) in [6.45, 7) is 2.00. The molecular formula is C14H13N3O2. The van der Waals surface area contributed by atoms with Crippen LogP contribution in [0.4, 0.5) is 5.82 Å². The smallest absolute Gasteiger partial charge is 0.260 e. The van der Waals surface area contributed by atoms with Crippen molar-refractivity contribution in [2.75, 3.05) is 11.9 Å². The molecule has 0 unspecified atom stereocenters. The number of amides is 1. The van der Waals surface area contributed by atoms with Crippen LogP contribution in [0.1, 0.15) is 21.8 Å². The van der Waals surface area contributed by atoms with Gasteiger partial charge in [-0.2, -0.15) is 0 Å². The molecule has 0 aliphatic heterocycles. The standard InChI is InChI=1S/C14H13N3O2/c1-10-12(7-9-19-10)14(18)17-13-6-2-4-11(16-13)5-3-8-15/h2,4,6-7,9H,8,15H2,1H3,(H,16,17,18). The van der Waals surface area contributed by atoms with E-state index < -0.39 is 0 Å².